The van der Waals surface area contributed by atoms with Crippen molar-refractivity contribution in [3.05, 3.63) is 24.3 Å². The molecule has 1 aliphatic heterocycles. The van der Waals surface area contributed by atoms with Gasteiger partial charge in [-0.1, -0.05) is 26.0 Å². The number of anilines is 1. The van der Waals surface area contributed by atoms with E-state index in [9.17, 15) is 8.42 Å². The van der Waals surface area contributed by atoms with E-state index < -0.39 is 10.0 Å². The van der Waals surface area contributed by atoms with Crippen LogP contribution < -0.4 is 15.4 Å². The number of sulfonamides is 1. The summed E-state index contributed by atoms with van der Waals surface area (Å²) in [6.07, 6.45) is 3.33. The van der Waals surface area contributed by atoms with Crippen molar-refractivity contribution in [3.63, 3.8) is 0 Å². The lowest BCUT2D eigenvalue weighted by Crippen LogP contribution is -2.47. The number of primary sulfonamides is 1. The molecule has 1 fully saturated rings. The fourth-order valence-electron chi connectivity index (χ4n) is 2.84. The van der Waals surface area contributed by atoms with Gasteiger partial charge in [-0.15, -0.1) is 0 Å². The average Bonchev–Trinajstić information content (AvgIpc) is 2.44. The summed E-state index contributed by atoms with van der Waals surface area (Å²) in [5.41, 5.74) is 0.732. The number of nitrogens with zero attached hydrogens (tertiary/aromatic N) is 1. The van der Waals surface area contributed by atoms with Crippen molar-refractivity contribution in [1.29, 1.82) is 0 Å². The summed E-state index contributed by atoms with van der Waals surface area (Å²) in [6, 6.07) is 7.76. The topological polar surface area (TPSA) is 75.4 Å². The lowest BCUT2D eigenvalue weighted by molar-refractivity contribution is 0.419. The molecule has 1 saturated heterocycles. The van der Waals surface area contributed by atoms with Gasteiger partial charge in [0, 0.05) is 25.2 Å². The van der Waals surface area contributed by atoms with Crippen LogP contribution in [0, 0.1) is 0 Å². The highest BCUT2D eigenvalue weighted by molar-refractivity contribution is 7.89. The SMILES string of the molecule is CC(C)NCC1CCCCN1c1ccccc1S(N)(=O)=O. The Hall–Kier alpha value is -1.11. The molecule has 1 aromatic carbocycles. The van der Waals surface area contributed by atoms with E-state index in [1.165, 1.54) is 6.42 Å². The molecular weight excluding hydrogens is 286 g/mol. The number of benzene rings is 1. The van der Waals surface area contributed by atoms with Crippen LogP contribution in [-0.4, -0.2) is 33.6 Å². The minimum absolute atomic E-state index is 0.224. The Balaban J connectivity index is 2.29. The van der Waals surface area contributed by atoms with Crippen LogP contribution in [0.2, 0.25) is 0 Å². The van der Waals surface area contributed by atoms with E-state index in [1.54, 1.807) is 12.1 Å². The highest BCUT2D eigenvalue weighted by Crippen LogP contribution is 2.29. The Bertz CT molecular complexity index is 572. The lowest BCUT2D eigenvalue weighted by atomic mass is 10.0. The van der Waals surface area contributed by atoms with Gasteiger partial charge >= 0.3 is 0 Å². The Labute approximate surface area is 127 Å². The lowest BCUT2D eigenvalue weighted by Gasteiger charge is -2.39. The molecule has 1 atom stereocenters. The molecule has 1 heterocycles. The molecule has 0 aliphatic carbocycles. The molecule has 2 rings (SSSR count). The zero-order valence-corrected chi connectivity index (χ0v) is 13.6. The third-order valence-corrected chi connectivity index (χ3v) is 4.83. The first kappa shape index (κ1) is 16.3. The van der Waals surface area contributed by atoms with Gasteiger partial charge in [-0.05, 0) is 31.4 Å². The van der Waals surface area contributed by atoms with Crippen LogP contribution in [0.3, 0.4) is 0 Å². The smallest absolute Gasteiger partial charge is 0.240 e. The number of para-hydroxylation sites is 1. The zero-order valence-electron chi connectivity index (χ0n) is 12.7. The maximum Gasteiger partial charge on any atom is 0.240 e. The van der Waals surface area contributed by atoms with E-state index in [-0.39, 0.29) is 4.90 Å². The fraction of sp³-hybridized carbons (Fsp3) is 0.600. The molecule has 5 nitrogen and oxygen atoms in total. The summed E-state index contributed by atoms with van der Waals surface area (Å²) >= 11 is 0. The number of nitrogens with one attached hydrogen (secondary N) is 1. The van der Waals surface area contributed by atoms with Gasteiger partial charge in [-0.3, -0.25) is 0 Å². The number of hydrogen-bond donors (Lipinski definition) is 2. The molecule has 118 valence electrons. The molecule has 6 heteroatoms. The molecule has 0 aromatic heterocycles. The van der Waals surface area contributed by atoms with E-state index >= 15 is 0 Å². The van der Waals surface area contributed by atoms with E-state index in [4.69, 9.17) is 5.14 Å². The molecule has 0 saturated carbocycles. The Morgan fingerprint density at radius 3 is 2.71 bits per heavy atom. The first-order valence-electron chi connectivity index (χ1n) is 7.51. The Kier molecular flexibility index (Phi) is 5.24. The van der Waals surface area contributed by atoms with Crippen molar-refractivity contribution in [2.45, 2.75) is 50.1 Å². The third-order valence-electron chi connectivity index (χ3n) is 3.87. The van der Waals surface area contributed by atoms with Crippen LogP contribution in [-0.2, 0) is 10.0 Å². The Morgan fingerprint density at radius 2 is 2.05 bits per heavy atom. The van der Waals surface area contributed by atoms with Crippen LogP contribution >= 0.6 is 0 Å². The van der Waals surface area contributed by atoms with E-state index in [0.717, 1.165) is 31.6 Å². The number of hydrogen-bond acceptors (Lipinski definition) is 4. The van der Waals surface area contributed by atoms with Gasteiger partial charge in [0.25, 0.3) is 0 Å². The maximum atomic E-state index is 11.8. The molecular formula is C15H25N3O2S. The van der Waals surface area contributed by atoms with Crippen molar-refractivity contribution in [1.82, 2.24) is 5.32 Å². The van der Waals surface area contributed by atoms with Crippen LogP contribution in [0.4, 0.5) is 5.69 Å². The van der Waals surface area contributed by atoms with Crippen LogP contribution in [0.25, 0.3) is 0 Å². The average molecular weight is 311 g/mol. The minimum Gasteiger partial charge on any atom is -0.366 e. The second-order valence-electron chi connectivity index (χ2n) is 5.92. The summed E-state index contributed by atoms with van der Waals surface area (Å²) in [7, 11) is -3.70. The predicted molar refractivity (Wildman–Crippen MR) is 85.9 cm³/mol. The second kappa shape index (κ2) is 6.77. The van der Waals surface area contributed by atoms with Gasteiger partial charge in [-0.2, -0.15) is 0 Å². The van der Waals surface area contributed by atoms with Crippen molar-refractivity contribution >= 4 is 15.7 Å². The van der Waals surface area contributed by atoms with Gasteiger partial charge in [0.1, 0.15) is 4.90 Å². The van der Waals surface area contributed by atoms with Crippen LogP contribution in [0.15, 0.2) is 29.2 Å². The maximum absolute atomic E-state index is 11.8. The van der Waals surface area contributed by atoms with Gasteiger partial charge in [0.15, 0.2) is 0 Å². The van der Waals surface area contributed by atoms with E-state index in [0.29, 0.717) is 12.1 Å². The summed E-state index contributed by atoms with van der Waals surface area (Å²) < 4.78 is 23.6. The molecule has 1 aromatic rings. The summed E-state index contributed by atoms with van der Waals surface area (Å²) in [6.45, 7) is 5.96. The highest BCUT2D eigenvalue weighted by atomic mass is 32.2. The second-order valence-corrected chi connectivity index (χ2v) is 7.45. The molecule has 0 bridgehead atoms. The number of piperidine rings is 1. The van der Waals surface area contributed by atoms with E-state index in [1.807, 2.05) is 12.1 Å². The molecule has 0 amide bonds. The number of nitrogens with two attached hydrogens (primary N) is 1. The highest BCUT2D eigenvalue weighted by Gasteiger charge is 2.26. The quantitative estimate of drug-likeness (QED) is 0.868. The first-order chi connectivity index (χ1) is 9.89. The zero-order chi connectivity index (χ0) is 15.5. The Morgan fingerprint density at radius 1 is 1.33 bits per heavy atom. The van der Waals surface area contributed by atoms with Crippen molar-refractivity contribution in [2.24, 2.45) is 5.14 Å². The summed E-state index contributed by atoms with van der Waals surface area (Å²) in [5, 5.41) is 8.81. The molecule has 0 radical (unpaired) electrons. The van der Waals surface area contributed by atoms with Crippen LogP contribution in [0.5, 0.6) is 0 Å². The van der Waals surface area contributed by atoms with Crippen molar-refractivity contribution in [3.8, 4) is 0 Å². The summed E-state index contributed by atoms with van der Waals surface area (Å²) in [4.78, 5) is 2.42. The number of rotatable bonds is 5. The van der Waals surface area contributed by atoms with Gasteiger partial charge in [-0.25, -0.2) is 13.6 Å². The first-order valence-corrected chi connectivity index (χ1v) is 9.06. The van der Waals surface area contributed by atoms with Crippen molar-refractivity contribution < 1.29 is 8.42 Å². The molecule has 0 spiro atoms. The van der Waals surface area contributed by atoms with Crippen LogP contribution in [0.1, 0.15) is 33.1 Å². The van der Waals surface area contributed by atoms with Gasteiger partial charge < -0.3 is 10.2 Å². The standard InChI is InChI=1S/C15H25N3O2S/c1-12(2)17-11-13-7-5-6-10-18(13)14-8-3-4-9-15(14)21(16,19)20/h3-4,8-9,12-13,17H,5-7,10-11H2,1-2H3,(H2,16,19,20). The normalized spacial score (nSPS) is 20.0. The van der Waals surface area contributed by atoms with Gasteiger partial charge in [0.05, 0.1) is 5.69 Å². The monoisotopic (exact) mass is 311 g/mol. The predicted octanol–water partition coefficient (Wildman–Crippen LogP) is 1.69. The minimum atomic E-state index is -3.70. The molecule has 3 N–H and O–H groups in total. The third kappa shape index (κ3) is 4.18. The van der Waals surface area contributed by atoms with Gasteiger partial charge in [0.2, 0.25) is 10.0 Å². The molecule has 21 heavy (non-hydrogen) atoms. The van der Waals surface area contributed by atoms with Crippen molar-refractivity contribution in [2.75, 3.05) is 18.0 Å². The molecule has 1 aliphatic rings. The largest absolute Gasteiger partial charge is 0.366 e. The van der Waals surface area contributed by atoms with E-state index in [2.05, 4.69) is 24.1 Å². The fourth-order valence-corrected chi connectivity index (χ4v) is 3.58. The molecule has 1 unspecified atom stereocenters. The summed E-state index contributed by atoms with van der Waals surface area (Å²) in [5.74, 6) is 0.